The van der Waals surface area contributed by atoms with Gasteiger partial charge in [-0.3, -0.25) is 4.79 Å². The number of aromatic amines is 1. The number of H-pyrrole nitrogens is 1. The molecule has 1 aromatic carbocycles. The molecule has 1 heterocycles. The number of nitrogens with zero attached hydrogens (tertiary/aromatic N) is 3. The topological polar surface area (TPSA) is 104 Å². The molecule has 7 heteroatoms. The van der Waals surface area contributed by atoms with Gasteiger partial charge in [-0.25, -0.2) is 0 Å². The average Bonchev–Trinajstić information content (AvgIpc) is 2.91. The third-order valence-electron chi connectivity index (χ3n) is 3.20. The number of carbonyl (C=O) groups is 1. The van der Waals surface area contributed by atoms with Crippen molar-refractivity contribution in [2.45, 2.75) is 25.0 Å². The summed E-state index contributed by atoms with van der Waals surface area (Å²) in [6.07, 6.45) is 0.991. The highest BCUT2D eigenvalue weighted by molar-refractivity contribution is 5.94. The van der Waals surface area contributed by atoms with Crippen LogP contribution in [0.1, 0.15) is 23.2 Å². The normalized spacial score (nSPS) is 21.7. The molecule has 0 radical (unpaired) electrons. The van der Waals surface area contributed by atoms with Gasteiger partial charge in [0, 0.05) is 17.2 Å². The summed E-state index contributed by atoms with van der Waals surface area (Å²) in [5.41, 5.74) is 1.37. The van der Waals surface area contributed by atoms with E-state index in [0.717, 1.165) is 5.56 Å². The van der Waals surface area contributed by atoms with Gasteiger partial charge in [0.05, 0.1) is 6.10 Å². The first-order valence-electron chi connectivity index (χ1n) is 6.05. The molecule has 19 heavy (non-hydrogen) atoms. The Bertz CT molecular complexity index is 560. The van der Waals surface area contributed by atoms with Crippen LogP contribution in [0, 0.1) is 0 Å². The standard InChI is InChI=1S/C12H13N5O2/c18-10-5-9(6-10)13-12(19)8-3-1-7(2-4-8)11-14-16-17-15-11/h1-4,9-10,18H,5-6H2,(H,13,19)(H,14,15,16,17). The SMILES string of the molecule is O=C(NC1CC(O)C1)c1ccc(-c2nn[nH]n2)cc1. The first kappa shape index (κ1) is 11.8. The molecule has 0 saturated heterocycles. The molecule has 98 valence electrons. The summed E-state index contributed by atoms with van der Waals surface area (Å²) in [6.45, 7) is 0. The monoisotopic (exact) mass is 259 g/mol. The molecule has 0 spiro atoms. The number of benzene rings is 1. The summed E-state index contributed by atoms with van der Waals surface area (Å²) < 4.78 is 0. The van der Waals surface area contributed by atoms with E-state index in [1.165, 1.54) is 0 Å². The molecule has 0 unspecified atom stereocenters. The molecule has 2 aromatic rings. The molecule has 1 saturated carbocycles. The molecule has 1 aromatic heterocycles. The molecule has 0 aliphatic heterocycles. The first-order chi connectivity index (χ1) is 9.22. The van der Waals surface area contributed by atoms with Gasteiger partial charge < -0.3 is 10.4 Å². The predicted octanol–water partition coefficient (Wildman–Crippen LogP) is 0.120. The van der Waals surface area contributed by atoms with Crippen molar-refractivity contribution in [3.05, 3.63) is 29.8 Å². The van der Waals surface area contributed by atoms with Crippen LogP contribution in [0.3, 0.4) is 0 Å². The Morgan fingerprint density at radius 1 is 1.32 bits per heavy atom. The Balaban J connectivity index is 1.67. The largest absolute Gasteiger partial charge is 0.393 e. The van der Waals surface area contributed by atoms with Crippen molar-refractivity contribution in [3.8, 4) is 11.4 Å². The molecule has 0 atom stereocenters. The van der Waals surface area contributed by atoms with Crippen LogP contribution in [0.25, 0.3) is 11.4 Å². The second-order valence-corrected chi connectivity index (χ2v) is 4.61. The van der Waals surface area contributed by atoms with Crippen molar-refractivity contribution < 1.29 is 9.90 Å². The molecule has 1 aliphatic rings. The Kier molecular flexibility index (Phi) is 2.96. The van der Waals surface area contributed by atoms with Crippen LogP contribution in [0.4, 0.5) is 0 Å². The molecule has 3 N–H and O–H groups in total. The summed E-state index contributed by atoms with van der Waals surface area (Å²) >= 11 is 0. The van der Waals surface area contributed by atoms with Crippen molar-refractivity contribution in [1.82, 2.24) is 25.9 Å². The third kappa shape index (κ3) is 2.45. The van der Waals surface area contributed by atoms with Gasteiger partial charge >= 0.3 is 0 Å². The smallest absolute Gasteiger partial charge is 0.251 e. The predicted molar refractivity (Wildman–Crippen MR) is 66.1 cm³/mol. The summed E-state index contributed by atoms with van der Waals surface area (Å²) in [5.74, 6) is 0.366. The van der Waals surface area contributed by atoms with Crippen molar-refractivity contribution in [1.29, 1.82) is 0 Å². The lowest BCUT2D eigenvalue weighted by molar-refractivity contribution is 0.0562. The van der Waals surface area contributed by atoms with E-state index in [1.807, 2.05) is 0 Å². The second-order valence-electron chi connectivity index (χ2n) is 4.61. The van der Waals surface area contributed by atoms with Gasteiger partial charge in [-0.2, -0.15) is 5.21 Å². The van der Waals surface area contributed by atoms with Crippen LogP contribution in [0.5, 0.6) is 0 Å². The number of hydrogen-bond donors (Lipinski definition) is 3. The maximum Gasteiger partial charge on any atom is 0.251 e. The van der Waals surface area contributed by atoms with Gasteiger partial charge in [0.25, 0.3) is 5.91 Å². The highest BCUT2D eigenvalue weighted by Crippen LogP contribution is 2.20. The number of aliphatic hydroxyl groups excluding tert-OH is 1. The minimum absolute atomic E-state index is 0.0828. The molecule has 0 bridgehead atoms. The van der Waals surface area contributed by atoms with Crippen molar-refractivity contribution in [2.24, 2.45) is 0 Å². The fraction of sp³-hybridized carbons (Fsp3) is 0.333. The van der Waals surface area contributed by atoms with E-state index >= 15 is 0 Å². The number of tetrazole rings is 1. The van der Waals surface area contributed by atoms with E-state index in [1.54, 1.807) is 24.3 Å². The van der Waals surface area contributed by atoms with Gasteiger partial charge in [-0.15, -0.1) is 10.2 Å². The minimum Gasteiger partial charge on any atom is -0.393 e. The van der Waals surface area contributed by atoms with Crippen LogP contribution in [0.2, 0.25) is 0 Å². The Hall–Kier alpha value is -2.28. The van der Waals surface area contributed by atoms with E-state index < -0.39 is 0 Å². The van der Waals surface area contributed by atoms with Crippen LogP contribution in [-0.4, -0.2) is 43.8 Å². The van der Waals surface area contributed by atoms with E-state index in [9.17, 15) is 4.79 Å². The number of rotatable bonds is 3. The zero-order chi connectivity index (χ0) is 13.2. The molecule has 7 nitrogen and oxygen atoms in total. The van der Waals surface area contributed by atoms with Gasteiger partial charge in [-0.1, -0.05) is 12.1 Å². The molecular weight excluding hydrogens is 246 g/mol. The van der Waals surface area contributed by atoms with E-state index in [-0.39, 0.29) is 18.1 Å². The maximum absolute atomic E-state index is 11.9. The molecule has 1 fully saturated rings. The number of hydrogen-bond acceptors (Lipinski definition) is 5. The Morgan fingerprint density at radius 3 is 2.63 bits per heavy atom. The highest BCUT2D eigenvalue weighted by Gasteiger charge is 2.28. The van der Waals surface area contributed by atoms with Crippen LogP contribution in [-0.2, 0) is 0 Å². The number of carbonyl (C=O) groups excluding carboxylic acids is 1. The highest BCUT2D eigenvalue weighted by atomic mass is 16.3. The Labute approximate surface area is 109 Å². The van der Waals surface area contributed by atoms with Crippen LogP contribution in [0.15, 0.2) is 24.3 Å². The quantitative estimate of drug-likeness (QED) is 0.726. The number of amides is 1. The van der Waals surface area contributed by atoms with Gasteiger partial charge in [-0.05, 0) is 30.2 Å². The van der Waals surface area contributed by atoms with Crippen LogP contribution < -0.4 is 5.32 Å². The van der Waals surface area contributed by atoms with E-state index in [4.69, 9.17) is 5.11 Å². The molecule has 3 rings (SSSR count). The lowest BCUT2D eigenvalue weighted by Gasteiger charge is -2.31. The zero-order valence-electron chi connectivity index (χ0n) is 10.1. The lowest BCUT2D eigenvalue weighted by Crippen LogP contribution is -2.46. The number of aliphatic hydroxyl groups is 1. The van der Waals surface area contributed by atoms with E-state index in [0.29, 0.717) is 24.2 Å². The van der Waals surface area contributed by atoms with Crippen molar-refractivity contribution in [2.75, 3.05) is 0 Å². The lowest BCUT2D eigenvalue weighted by atomic mass is 9.89. The summed E-state index contributed by atoms with van der Waals surface area (Å²) in [5, 5.41) is 25.6. The summed E-state index contributed by atoms with van der Waals surface area (Å²) in [6, 6.07) is 7.07. The van der Waals surface area contributed by atoms with Gasteiger partial charge in [0.2, 0.25) is 5.82 Å². The van der Waals surface area contributed by atoms with Gasteiger partial charge in [0.1, 0.15) is 0 Å². The van der Waals surface area contributed by atoms with Crippen molar-refractivity contribution >= 4 is 5.91 Å². The second kappa shape index (κ2) is 4.77. The molecule has 1 amide bonds. The summed E-state index contributed by atoms with van der Waals surface area (Å²) in [4.78, 5) is 11.9. The van der Waals surface area contributed by atoms with E-state index in [2.05, 4.69) is 25.9 Å². The minimum atomic E-state index is -0.272. The van der Waals surface area contributed by atoms with Crippen LogP contribution >= 0.6 is 0 Å². The molecule has 1 aliphatic carbocycles. The van der Waals surface area contributed by atoms with Crippen molar-refractivity contribution in [3.63, 3.8) is 0 Å². The zero-order valence-corrected chi connectivity index (χ0v) is 10.1. The fourth-order valence-corrected chi connectivity index (χ4v) is 2.03. The maximum atomic E-state index is 11.9. The number of nitrogens with one attached hydrogen (secondary N) is 2. The third-order valence-corrected chi connectivity index (χ3v) is 3.20. The summed E-state index contributed by atoms with van der Waals surface area (Å²) in [7, 11) is 0. The fourth-order valence-electron chi connectivity index (χ4n) is 2.03. The number of aromatic nitrogens is 4. The van der Waals surface area contributed by atoms with Gasteiger partial charge in [0.15, 0.2) is 0 Å². The first-order valence-corrected chi connectivity index (χ1v) is 6.05. The molecular formula is C12H13N5O2. The average molecular weight is 259 g/mol. The Morgan fingerprint density at radius 2 is 2.05 bits per heavy atom.